The molecule has 3 aromatic rings. The standard InChI is InChI=1S/C19H17F3N4O2/c1-26-18-16(17(25-26)11-5-3-2-4-6-11)13(19(20,21)22)9-15(24-18)28-10-14(27)23-12-7-8-12/h2-6,9,12H,7-8,10H2,1H3,(H,23,27). The van der Waals surface area contributed by atoms with Crippen LogP contribution in [0.25, 0.3) is 22.3 Å². The van der Waals surface area contributed by atoms with Crippen molar-refractivity contribution in [2.75, 3.05) is 6.61 Å². The van der Waals surface area contributed by atoms with Gasteiger partial charge in [-0.15, -0.1) is 0 Å². The summed E-state index contributed by atoms with van der Waals surface area (Å²) >= 11 is 0. The number of hydrogen-bond donors (Lipinski definition) is 1. The molecule has 0 unspecified atom stereocenters. The maximum atomic E-state index is 13.8. The van der Waals surface area contributed by atoms with Crippen LogP contribution in [0, 0.1) is 0 Å². The number of benzene rings is 1. The van der Waals surface area contributed by atoms with E-state index in [-0.39, 0.29) is 34.6 Å². The van der Waals surface area contributed by atoms with Crippen LogP contribution in [0.1, 0.15) is 18.4 Å². The Hall–Kier alpha value is -3.10. The van der Waals surface area contributed by atoms with Crippen LogP contribution < -0.4 is 10.1 Å². The number of aromatic nitrogens is 3. The minimum Gasteiger partial charge on any atom is -0.467 e. The third kappa shape index (κ3) is 3.64. The van der Waals surface area contributed by atoms with Crippen LogP contribution in [0.15, 0.2) is 36.4 Å². The Balaban J connectivity index is 1.75. The molecule has 0 aliphatic heterocycles. The van der Waals surface area contributed by atoms with Crippen LogP contribution in [0.2, 0.25) is 0 Å². The summed E-state index contributed by atoms with van der Waals surface area (Å²) in [6.07, 6.45) is -2.82. The highest BCUT2D eigenvalue weighted by atomic mass is 19.4. The number of carbonyl (C=O) groups is 1. The molecule has 1 saturated carbocycles. The maximum absolute atomic E-state index is 13.8. The van der Waals surface area contributed by atoms with E-state index in [1.807, 2.05) is 0 Å². The topological polar surface area (TPSA) is 69.0 Å². The number of pyridine rings is 1. The van der Waals surface area contributed by atoms with Gasteiger partial charge in [0.1, 0.15) is 5.69 Å². The van der Waals surface area contributed by atoms with Crippen molar-refractivity contribution in [3.8, 4) is 17.1 Å². The van der Waals surface area contributed by atoms with Gasteiger partial charge in [0.05, 0.1) is 10.9 Å². The molecule has 0 atom stereocenters. The molecule has 1 fully saturated rings. The van der Waals surface area contributed by atoms with Gasteiger partial charge in [-0.05, 0) is 12.8 Å². The monoisotopic (exact) mass is 390 g/mol. The summed E-state index contributed by atoms with van der Waals surface area (Å²) in [5.41, 5.74) is -0.123. The molecule has 0 bridgehead atoms. The van der Waals surface area contributed by atoms with Crippen molar-refractivity contribution >= 4 is 16.9 Å². The Morgan fingerprint density at radius 1 is 1.29 bits per heavy atom. The Morgan fingerprint density at radius 3 is 2.64 bits per heavy atom. The zero-order valence-corrected chi connectivity index (χ0v) is 15.0. The van der Waals surface area contributed by atoms with Crippen molar-refractivity contribution in [3.63, 3.8) is 0 Å². The number of halogens is 3. The van der Waals surface area contributed by atoms with Crippen LogP contribution in [-0.2, 0) is 18.0 Å². The van der Waals surface area contributed by atoms with Gasteiger partial charge in [-0.2, -0.15) is 23.3 Å². The summed E-state index contributed by atoms with van der Waals surface area (Å²) in [4.78, 5) is 15.9. The average Bonchev–Trinajstić information content (AvgIpc) is 3.41. The van der Waals surface area contributed by atoms with Crippen molar-refractivity contribution in [3.05, 3.63) is 42.0 Å². The normalized spacial score (nSPS) is 14.3. The first-order chi connectivity index (χ1) is 13.3. The fraction of sp³-hybridized carbons (Fsp3) is 0.316. The largest absolute Gasteiger partial charge is 0.467 e. The number of fused-ring (bicyclic) bond motifs is 1. The highest BCUT2D eigenvalue weighted by molar-refractivity contribution is 5.94. The number of ether oxygens (including phenoxy) is 1. The number of alkyl halides is 3. The van der Waals surface area contributed by atoms with Crippen molar-refractivity contribution in [2.45, 2.75) is 25.1 Å². The lowest BCUT2D eigenvalue weighted by Crippen LogP contribution is -2.30. The van der Waals surface area contributed by atoms with Gasteiger partial charge in [0.15, 0.2) is 12.3 Å². The van der Waals surface area contributed by atoms with Gasteiger partial charge in [-0.25, -0.2) is 4.68 Å². The first-order valence-electron chi connectivity index (χ1n) is 8.75. The molecule has 0 radical (unpaired) electrons. The first kappa shape index (κ1) is 18.3. The molecule has 0 spiro atoms. The SMILES string of the molecule is Cn1nc(-c2ccccc2)c2c(C(F)(F)F)cc(OCC(=O)NC3CC3)nc21. The Bertz CT molecular complexity index is 1030. The molecule has 1 N–H and O–H groups in total. The molecule has 2 aromatic heterocycles. The van der Waals surface area contributed by atoms with Gasteiger partial charge in [0.2, 0.25) is 5.88 Å². The average molecular weight is 390 g/mol. The van der Waals surface area contributed by atoms with Crippen molar-refractivity contribution in [1.29, 1.82) is 0 Å². The van der Waals surface area contributed by atoms with Crippen molar-refractivity contribution in [2.24, 2.45) is 7.05 Å². The number of amides is 1. The van der Waals surface area contributed by atoms with Crippen LogP contribution in [0.3, 0.4) is 0 Å². The third-order valence-electron chi connectivity index (χ3n) is 4.42. The highest BCUT2D eigenvalue weighted by Crippen LogP contribution is 2.40. The van der Waals surface area contributed by atoms with Gasteiger partial charge in [0.25, 0.3) is 5.91 Å². The van der Waals surface area contributed by atoms with Crippen LogP contribution >= 0.6 is 0 Å². The molecule has 9 heteroatoms. The zero-order chi connectivity index (χ0) is 19.9. The van der Waals surface area contributed by atoms with Gasteiger partial charge in [0, 0.05) is 24.7 Å². The smallest absolute Gasteiger partial charge is 0.417 e. The third-order valence-corrected chi connectivity index (χ3v) is 4.42. The Morgan fingerprint density at radius 2 is 2.00 bits per heavy atom. The first-order valence-corrected chi connectivity index (χ1v) is 8.75. The minimum absolute atomic E-state index is 0.0336. The molecule has 2 heterocycles. The van der Waals surface area contributed by atoms with Crippen LogP contribution in [0.5, 0.6) is 5.88 Å². The molecule has 28 heavy (non-hydrogen) atoms. The van der Waals surface area contributed by atoms with E-state index in [0.29, 0.717) is 5.56 Å². The molecule has 4 rings (SSSR count). The van der Waals surface area contributed by atoms with Crippen LogP contribution in [-0.4, -0.2) is 33.3 Å². The van der Waals surface area contributed by atoms with E-state index in [2.05, 4.69) is 15.4 Å². The number of rotatable bonds is 5. The lowest BCUT2D eigenvalue weighted by Gasteiger charge is -2.12. The summed E-state index contributed by atoms with van der Waals surface area (Å²) in [6.45, 7) is -0.393. The summed E-state index contributed by atoms with van der Waals surface area (Å²) in [5, 5.41) is 6.85. The number of nitrogens with zero attached hydrogens (tertiary/aromatic N) is 3. The predicted molar refractivity (Wildman–Crippen MR) is 95.6 cm³/mol. The van der Waals surface area contributed by atoms with Crippen LogP contribution in [0.4, 0.5) is 13.2 Å². The molecule has 146 valence electrons. The second-order valence-electron chi connectivity index (χ2n) is 6.67. The van der Waals surface area contributed by atoms with E-state index in [0.717, 1.165) is 18.9 Å². The lowest BCUT2D eigenvalue weighted by atomic mass is 10.0. The summed E-state index contributed by atoms with van der Waals surface area (Å²) < 4.78 is 47.9. The van der Waals surface area contributed by atoms with E-state index >= 15 is 0 Å². The van der Waals surface area contributed by atoms with E-state index in [1.165, 1.54) is 11.7 Å². The second-order valence-corrected chi connectivity index (χ2v) is 6.67. The molecule has 1 aromatic carbocycles. The molecule has 0 saturated heterocycles. The fourth-order valence-electron chi connectivity index (χ4n) is 2.96. The highest BCUT2D eigenvalue weighted by Gasteiger charge is 2.36. The molecule has 1 amide bonds. The lowest BCUT2D eigenvalue weighted by molar-refractivity contribution is -0.136. The Labute approximate surface area is 158 Å². The zero-order valence-electron chi connectivity index (χ0n) is 15.0. The second kappa shape index (κ2) is 6.81. The number of nitrogens with one attached hydrogen (secondary N) is 1. The molecule has 6 nitrogen and oxygen atoms in total. The molecule has 1 aliphatic rings. The van der Waals surface area contributed by atoms with Gasteiger partial charge >= 0.3 is 6.18 Å². The van der Waals surface area contributed by atoms with Crippen molar-refractivity contribution < 1.29 is 22.7 Å². The van der Waals surface area contributed by atoms with E-state index in [1.54, 1.807) is 30.3 Å². The van der Waals surface area contributed by atoms with E-state index < -0.39 is 18.3 Å². The summed E-state index contributed by atoms with van der Waals surface area (Å²) in [5.74, 6) is -0.652. The van der Waals surface area contributed by atoms with Gasteiger partial charge in [-0.3, -0.25) is 4.79 Å². The van der Waals surface area contributed by atoms with Gasteiger partial charge < -0.3 is 10.1 Å². The minimum atomic E-state index is -4.64. The van der Waals surface area contributed by atoms with E-state index in [4.69, 9.17) is 4.74 Å². The predicted octanol–water partition coefficient (Wildman–Crippen LogP) is 3.31. The van der Waals surface area contributed by atoms with E-state index in [9.17, 15) is 18.0 Å². The van der Waals surface area contributed by atoms with Gasteiger partial charge in [-0.1, -0.05) is 30.3 Å². The maximum Gasteiger partial charge on any atom is 0.417 e. The number of carbonyl (C=O) groups excluding carboxylic acids is 1. The summed E-state index contributed by atoms with van der Waals surface area (Å²) in [6, 6.07) is 9.57. The Kier molecular flexibility index (Phi) is 4.44. The number of aryl methyl sites for hydroxylation is 1. The number of hydrogen-bond acceptors (Lipinski definition) is 4. The van der Waals surface area contributed by atoms with Crippen molar-refractivity contribution in [1.82, 2.24) is 20.1 Å². The molecule has 1 aliphatic carbocycles. The fourth-order valence-corrected chi connectivity index (χ4v) is 2.96. The quantitative estimate of drug-likeness (QED) is 0.726. The molecular formula is C19H17F3N4O2. The summed E-state index contributed by atoms with van der Waals surface area (Å²) in [7, 11) is 1.52. The molecular weight excluding hydrogens is 373 g/mol.